The summed E-state index contributed by atoms with van der Waals surface area (Å²) in [4.78, 5) is 39.3. The molecule has 2 aromatic rings. The summed E-state index contributed by atoms with van der Waals surface area (Å²) < 4.78 is 41.5. The zero-order valence-electron chi connectivity index (χ0n) is 15.7. The van der Waals surface area contributed by atoms with Gasteiger partial charge in [0, 0.05) is 24.7 Å². The number of urea groups is 1. The van der Waals surface area contributed by atoms with Gasteiger partial charge in [-0.2, -0.15) is 0 Å². The largest absolute Gasteiger partial charge is 0.340 e. The number of halogens is 3. The van der Waals surface area contributed by atoms with Crippen molar-refractivity contribution in [2.45, 2.75) is 19.0 Å². The molecule has 9 heteroatoms. The van der Waals surface area contributed by atoms with Gasteiger partial charge in [0.05, 0.1) is 0 Å². The quantitative estimate of drug-likeness (QED) is 0.778. The fraction of sp³-hybridized carbons (Fsp3) is 0.250. The lowest BCUT2D eigenvalue weighted by Crippen LogP contribution is -2.44. The third kappa shape index (κ3) is 3.80. The predicted molar refractivity (Wildman–Crippen MR) is 96.8 cm³/mol. The Balaban J connectivity index is 1.77. The van der Waals surface area contributed by atoms with Crippen LogP contribution in [0.1, 0.15) is 18.1 Å². The van der Waals surface area contributed by atoms with Gasteiger partial charge in [0.1, 0.15) is 29.5 Å². The number of hydrogen-bond acceptors (Lipinski definition) is 3. The number of nitrogens with one attached hydrogen (secondary N) is 1. The number of benzene rings is 2. The number of likely N-dealkylation sites (N-methyl/N-ethyl adjacent to an activating group) is 1. The number of carbonyl (C=O) groups excluding carboxylic acids is 3. The first-order valence-corrected chi connectivity index (χ1v) is 8.70. The van der Waals surface area contributed by atoms with Crippen LogP contribution in [0.2, 0.25) is 0 Å². The molecule has 0 radical (unpaired) electrons. The van der Waals surface area contributed by atoms with E-state index >= 15 is 0 Å². The minimum atomic E-state index is -1.85. The van der Waals surface area contributed by atoms with Crippen molar-refractivity contribution in [3.05, 3.63) is 71.0 Å². The van der Waals surface area contributed by atoms with Crippen molar-refractivity contribution in [1.29, 1.82) is 0 Å². The first-order chi connectivity index (χ1) is 13.6. The third-order valence-electron chi connectivity index (χ3n) is 4.83. The highest BCUT2D eigenvalue weighted by Gasteiger charge is 2.51. The van der Waals surface area contributed by atoms with E-state index in [0.29, 0.717) is 4.90 Å². The summed E-state index contributed by atoms with van der Waals surface area (Å²) in [6.07, 6.45) is 0. The molecule has 1 saturated heterocycles. The maximum absolute atomic E-state index is 14.2. The number of nitrogens with zero attached hydrogens (tertiary/aromatic N) is 2. The van der Waals surface area contributed by atoms with Crippen molar-refractivity contribution < 1.29 is 27.6 Å². The molecule has 2 aromatic carbocycles. The highest BCUT2D eigenvalue weighted by molar-refractivity contribution is 6.09. The Hall–Kier alpha value is -3.36. The van der Waals surface area contributed by atoms with Gasteiger partial charge in [0.25, 0.3) is 5.91 Å². The second-order valence-corrected chi connectivity index (χ2v) is 6.91. The second-order valence-electron chi connectivity index (χ2n) is 6.91. The van der Waals surface area contributed by atoms with E-state index in [4.69, 9.17) is 0 Å². The van der Waals surface area contributed by atoms with E-state index in [9.17, 15) is 27.6 Å². The van der Waals surface area contributed by atoms with Gasteiger partial charge in [-0.05, 0) is 31.2 Å². The fourth-order valence-electron chi connectivity index (χ4n) is 3.13. The van der Waals surface area contributed by atoms with Gasteiger partial charge in [0.15, 0.2) is 0 Å². The fourth-order valence-corrected chi connectivity index (χ4v) is 3.13. The summed E-state index contributed by atoms with van der Waals surface area (Å²) in [5.74, 6) is -3.65. The molecule has 1 aliphatic rings. The number of rotatable bonds is 5. The number of imide groups is 1. The minimum Gasteiger partial charge on any atom is -0.340 e. The molecule has 0 saturated carbocycles. The highest BCUT2D eigenvalue weighted by Crippen LogP contribution is 2.31. The SMILES string of the molecule is CN(Cc1ccccc1F)C(=O)CN1C(=O)N[C@@](C)(c2cc(F)ccc2F)C1=O. The summed E-state index contributed by atoms with van der Waals surface area (Å²) in [5.41, 5.74) is -1.93. The molecule has 0 aromatic heterocycles. The van der Waals surface area contributed by atoms with Gasteiger partial charge in [-0.25, -0.2) is 18.0 Å². The Morgan fingerprint density at radius 3 is 2.48 bits per heavy atom. The van der Waals surface area contributed by atoms with Crippen molar-refractivity contribution >= 4 is 17.8 Å². The van der Waals surface area contributed by atoms with Gasteiger partial charge in [-0.3, -0.25) is 14.5 Å². The van der Waals surface area contributed by atoms with Crippen LogP contribution < -0.4 is 5.32 Å². The summed E-state index contributed by atoms with van der Waals surface area (Å²) >= 11 is 0. The van der Waals surface area contributed by atoms with Gasteiger partial charge < -0.3 is 10.2 Å². The van der Waals surface area contributed by atoms with Crippen LogP contribution in [0.4, 0.5) is 18.0 Å². The zero-order valence-corrected chi connectivity index (χ0v) is 15.7. The molecular formula is C20H18F3N3O3. The summed E-state index contributed by atoms with van der Waals surface area (Å²) in [5, 5.41) is 2.32. The Kier molecular flexibility index (Phi) is 5.32. The second kappa shape index (κ2) is 7.57. The van der Waals surface area contributed by atoms with Crippen LogP contribution in [-0.2, 0) is 21.7 Å². The zero-order chi connectivity index (χ0) is 21.3. The average Bonchev–Trinajstić information content (AvgIpc) is 2.89. The minimum absolute atomic E-state index is 0.0645. The highest BCUT2D eigenvalue weighted by atomic mass is 19.1. The van der Waals surface area contributed by atoms with E-state index in [1.54, 1.807) is 6.07 Å². The van der Waals surface area contributed by atoms with Crippen LogP contribution in [0, 0.1) is 17.5 Å². The molecule has 0 bridgehead atoms. The molecule has 4 amide bonds. The molecule has 1 atom stereocenters. The molecule has 152 valence electrons. The molecule has 0 unspecified atom stereocenters. The summed E-state index contributed by atoms with van der Waals surface area (Å²) in [7, 11) is 1.40. The maximum atomic E-state index is 14.2. The number of carbonyl (C=O) groups is 3. The Morgan fingerprint density at radius 1 is 1.10 bits per heavy atom. The van der Waals surface area contributed by atoms with Crippen molar-refractivity contribution in [3.63, 3.8) is 0 Å². The van der Waals surface area contributed by atoms with E-state index < -0.39 is 47.4 Å². The third-order valence-corrected chi connectivity index (χ3v) is 4.83. The van der Waals surface area contributed by atoms with E-state index in [1.165, 1.54) is 32.2 Å². The smallest absolute Gasteiger partial charge is 0.325 e. The molecule has 6 nitrogen and oxygen atoms in total. The van der Waals surface area contributed by atoms with Gasteiger partial charge in [-0.15, -0.1) is 0 Å². The van der Waals surface area contributed by atoms with Gasteiger partial charge >= 0.3 is 6.03 Å². The first kappa shape index (κ1) is 20.4. The Morgan fingerprint density at radius 2 is 1.79 bits per heavy atom. The van der Waals surface area contributed by atoms with E-state index in [1.807, 2.05) is 0 Å². The monoisotopic (exact) mass is 405 g/mol. The summed E-state index contributed by atoms with van der Waals surface area (Å²) in [6.45, 7) is 0.547. The van der Waals surface area contributed by atoms with Crippen LogP contribution >= 0.6 is 0 Å². The van der Waals surface area contributed by atoms with Crippen LogP contribution in [0.3, 0.4) is 0 Å². The maximum Gasteiger partial charge on any atom is 0.325 e. The number of hydrogen-bond donors (Lipinski definition) is 1. The predicted octanol–water partition coefficient (Wildman–Crippen LogP) is 2.53. The topological polar surface area (TPSA) is 69.7 Å². The van der Waals surface area contributed by atoms with Crippen molar-refractivity contribution in [1.82, 2.24) is 15.1 Å². The molecule has 1 fully saturated rings. The molecule has 29 heavy (non-hydrogen) atoms. The van der Waals surface area contributed by atoms with Crippen LogP contribution in [0.5, 0.6) is 0 Å². The van der Waals surface area contributed by atoms with Crippen molar-refractivity contribution in [2.75, 3.05) is 13.6 Å². The van der Waals surface area contributed by atoms with E-state index in [2.05, 4.69) is 5.32 Å². The Bertz CT molecular complexity index is 998. The lowest BCUT2D eigenvalue weighted by atomic mass is 9.91. The van der Waals surface area contributed by atoms with Crippen molar-refractivity contribution in [2.24, 2.45) is 0 Å². The Labute approximate surface area is 164 Å². The molecule has 0 spiro atoms. The van der Waals surface area contributed by atoms with Crippen LogP contribution in [0.25, 0.3) is 0 Å². The molecule has 1 aliphatic heterocycles. The van der Waals surface area contributed by atoms with Crippen molar-refractivity contribution in [3.8, 4) is 0 Å². The normalized spacial score (nSPS) is 18.7. The molecule has 3 rings (SSSR count). The van der Waals surface area contributed by atoms with Gasteiger partial charge in [0.2, 0.25) is 5.91 Å². The van der Waals surface area contributed by atoms with Crippen LogP contribution in [-0.4, -0.2) is 41.2 Å². The van der Waals surface area contributed by atoms with E-state index in [-0.39, 0.29) is 17.7 Å². The molecular weight excluding hydrogens is 387 g/mol. The average molecular weight is 405 g/mol. The van der Waals surface area contributed by atoms with Gasteiger partial charge in [-0.1, -0.05) is 18.2 Å². The molecule has 1 heterocycles. The lowest BCUT2D eigenvalue weighted by Gasteiger charge is -2.23. The standard InChI is InChI=1S/C20H18F3N3O3/c1-20(14-9-13(21)7-8-16(14)23)18(28)26(19(29)24-20)11-17(27)25(2)10-12-5-3-4-6-15(12)22/h3-9H,10-11H2,1-2H3,(H,24,29)/t20-/m0/s1. The lowest BCUT2D eigenvalue weighted by molar-refractivity contribution is -0.138. The van der Waals surface area contributed by atoms with Crippen LogP contribution in [0.15, 0.2) is 42.5 Å². The first-order valence-electron chi connectivity index (χ1n) is 8.70. The molecule has 1 N–H and O–H groups in total. The number of amides is 4. The summed E-state index contributed by atoms with van der Waals surface area (Å²) in [6, 6.07) is 7.55. The molecule has 0 aliphatic carbocycles. The van der Waals surface area contributed by atoms with E-state index in [0.717, 1.165) is 23.1 Å².